The fraction of sp³-hybridized carbons (Fsp3) is 0.538. The van der Waals surface area contributed by atoms with Gasteiger partial charge in [-0.15, -0.1) is 0 Å². The fourth-order valence-electron chi connectivity index (χ4n) is 2.22. The van der Waals surface area contributed by atoms with Crippen LogP contribution in [0.4, 0.5) is 0 Å². The number of benzene rings is 1. The summed E-state index contributed by atoms with van der Waals surface area (Å²) in [5, 5.41) is 9.76. The Bertz CT molecular complexity index is 376. The maximum absolute atomic E-state index is 9.76. The van der Waals surface area contributed by atoms with Gasteiger partial charge in [-0.05, 0) is 50.5 Å². The van der Waals surface area contributed by atoms with E-state index < -0.39 is 0 Å². The van der Waals surface area contributed by atoms with Crippen molar-refractivity contribution in [2.45, 2.75) is 18.9 Å². The van der Waals surface area contributed by atoms with Gasteiger partial charge in [0, 0.05) is 12.1 Å². The first kappa shape index (κ1) is 11.4. The lowest BCUT2D eigenvalue weighted by Gasteiger charge is -2.12. The molecule has 88 valence electrons. The molecule has 0 heterocycles. The van der Waals surface area contributed by atoms with Crippen molar-refractivity contribution < 1.29 is 5.11 Å². The Labute approximate surface area is 96.9 Å². The van der Waals surface area contributed by atoms with Crippen LogP contribution in [0.3, 0.4) is 0 Å². The molecule has 1 aromatic rings. The third kappa shape index (κ3) is 2.36. The Kier molecular flexibility index (Phi) is 3.17. The molecule has 0 aromatic heterocycles. The number of hydrogen-bond donors (Lipinski definition) is 2. The monoisotopic (exact) mass is 220 g/mol. The van der Waals surface area contributed by atoms with Crippen molar-refractivity contribution in [1.82, 2.24) is 4.90 Å². The van der Waals surface area contributed by atoms with E-state index in [0.29, 0.717) is 17.6 Å². The zero-order valence-corrected chi connectivity index (χ0v) is 9.98. The van der Waals surface area contributed by atoms with Crippen molar-refractivity contribution in [2.24, 2.45) is 11.7 Å². The van der Waals surface area contributed by atoms with Gasteiger partial charge in [0.1, 0.15) is 5.75 Å². The summed E-state index contributed by atoms with van der Waals surface area (Å²) in [6, 6.07) is 5.95. The summed E-state index contributed by atoms with van der Waals surface area (Å²) in [6.45, 7) is 1.55. The van der Waals surface area contributed by atoms with Crippen molar-refractivity contribution in [3.8, 4) is 5.75 Å². The van der Waals surface area contributed by atoms with Crippen LogP contribution in [0.25, 0.3) is 0 Å². The second-order valence-corrected chi connectivity index (χ2v) is 4.96. The van der Waals surface area contributed by atoms with E-state index in [1.807, 2.05) is 20.2 Å². The highest BCUT2D eigenvalue weighted by Gasteiger charge is 2.37. The van der Waals surface area contributed by atoms with E-state index in [9.17, 15) is 5.11 Å². The molecule has 3 N–H and O–H groups in total. The molecule has 0 spiro atoms. The zero-order valence-electron chi connectivity index (χ0n) is 9.98. The lowest BCUT2D eigenvalue weighted by molar-refractivity contribution is 0.385. The molecule has 0 aliphatic heterocycles. The van der Waals surface area contributed by atoms with Crippen LogP contribution >= 0.6 is 0 Å². The SMILES string of the molecule is CN(C)Cc1cc([C@@H]2C[C@H]2CN)ccc1O. The minimum atomic E-state index is 0.391. The van der Waals surface area contributed by atoms with Crippen molar-refractivity contribution in [3.63, 3.8) is 0 Å². The van der Waals surface area contributed by atoms with Gasteiger partial charge in [-0.3, -0.25) is 0 Å². The maximum atomic E-state index is 9.76. The number of phenols is 1. The van der Waals surface area contributed by atoms with Gasteiger partial charge in [0.25, 0.3) is 0 Å². The topological polar surface area (TPSA) is 49.5 Å². The number of nitrogens with two attached hydrogens (primary N) is 1. The Hall–Kier alpha value is -1.06. The molecule has 0 bridgehead atoms. The van der Waals surface area contributed by atoms with E-state index in [1.54, 1.807) is 6.07 Å². The summed E-state index contributed by atoms with van der Waals surface area (Å²) in [5.41, 5.74) is 7.98. The molecular formula is C13H20N2O. The molecule has 1 aromatic carbocycles. The Morgan fingerprint density at radius 1 is 1.44 bits per heavy atom. The largest absolute Gasteiger partial charge is 0.508 e. The summed E-state index contributed by atoms with van der Waals surface area (Å²) in [6.07, 6.45) is 1.20. The zero-order chi connectivity index (χ0) is 11.7. The minimum Gasteiger partial charge on any atom is -0.508 e. The summed E-state index contributed by atoms with van der Waals surface area (Å²) in [4.78, 5) is 2.06. The molecular weight excluding hydrogens is 200 g/mol. The van der Waals surface area contributed by atoms with Gasteiger partial charge in [0.2, 0.25) is 0 Å². The lowest BCUT2D eigenvalue weighted by atomic mass is 10.0. The van der Waals surface area contributed by atoms with Gasteiger partial charge < -0.3 is 15.7 Å². The second kappa shape index (κ2) is 4.44. The van der Waals surface area contributed by atoms with Crippen LogP contribution < -0.4 is 5.73 Å². The van der Waals surface area contributed by atoms with Crippen molar-refractivity contribution in [1.29, 1.82) is 0 Å². The first-order valence-electron chi connectivity index (χ1n) is 5.78. The third-order valence-electron chi connectivity index (χ3n) is 3.24. The molecule has 2 atom stereocenters. The first-order valence-corrected chi connectivity index (χ1v) is 5.78. The second-order valence-electron chi connectivity index (χ2n) is 4.96. The van der Waals surface area contributed by atoms with Crippen LogP contribution in [0.5, 0.6) is 5.75 Å². The molecule has 3 heteroatoms. The quantitative estimate of drug-likeness (QED) is 0.808. The molecule has 0 radical (unpaired) electrons. The smallest absolute Gasteiger partial charge is 0.120 e. The number of hydrogen-bond acceptors (Lipinski definition) is 3. The van der Waals surface area contributed by atoms with E-state index in [1.165, 1.54) is 12.0 Å². The maximum Gasteiger partial charge on any atom is 0.120 e. The van der Waals surface area contributed by atoms with Gasteiger partial charge in [0.05, 0.1) is 0 Å². The van der Waals surface area contributed by atoms with E-state index in [2.05, 4.69) is 11.0 Å². The lowest BCUT2D eigenvalue weighted by Crippen LogP contribution is -2.11. The van der Waals surface area contributed by atoms with Crippen LogP contribution in [0.15, 0.2) is 18.2 Å². The van der Waals surface area contributed by atoms with Crippen molar-refractivity contribution in [3.05, 3.63) is 29.3 Å². The van der Waals surface area contributed by atoms with E-state index in [4.69, 9.17) is 5.73 Å². The van der Waals surface area contributed by atoms with Gasteiger partial charge in [-0.2, -0.15) is 0 Å². The standard InChI is InChI=1S/C13H20N2O/c1-15(2)8-11-5-9(3-4-13(11)16)12-6-10(12)7-14/h3-5,10,12,16H,6-8,14H2,1-2H3/t10-,12-/m0/s1. The van der Waals surface area contributed by atoms with Gasteiger partial charge in [-0.25, -0.2) is 0 Å². The third-order valence-corrected chi connectivity index (χ3v) is 3.24. The van der Waals surface area contributed by atoms with Crippen LogP contribution in [0.2, 0.25) is 0 Å². The van der Waals surface area contributed by atoms with Gasteiger partial charge in [0.15, 0.2) is 0 Å². The molecule has 1 saturated carbocycles. The van der Waals surface area contributed by atoms with Crippen LogP contribution in [-0.2, 0) is 6.54 Å². The van der Waals surface area contributed by atoms with Crippen molar-refractivity contribution >= 4 is 0 Å². The number of rotatable bonds is 4. The Morgan fingerprint density at radius 2 is 2.19 bits per heavy atom. The average molecular weight is 220 g/mol. The predicted octanol–water partition coefficient (Wildman–Crippen LogP) is 1.52. The minimum absolute atomic E-state index is 0.391. The molecule has 0 amide bonds. The van der Waals surface area contributed by atoms with Crippen LogP contribution in [-0.4, -0.2) is 30.6 Å². The highest BCUT2D eigenvalue weighted by Crippen LogP contribution is 2.47. The van der Waals surface area contributed by atoms with E-state index in [-0.39, 0.29) is 0 Å². The number of nitrogens with zero attached hydrogens (tertiary/aromatic N) is 1. The first-order chi connectivity index (χ1) is 7.61. The molecule has 3 nitrogen and oxygen atoms in total. The fourth-order valence-corrected chi connectivity index (χ4v) is 2.22. The number of aromatic hydroxyl groups is 1. The van der Waals surface area contributed by atoms with Gasteiger partial charge >= 0.3 is 0 Å². The average Bonchev–Trinajstić information content (AvgIpc) is 3.00. The summed E-state index contributed by atoms with van der Waals surface area (Å²) in [7, 11) is 4.01. The van der Waals surface area contributed by atoms with E-state index in [0.717, 1.165) is 18.7 Å². The molecule has 1 fully saturated rings. The molecule has 1 aliphatic rings. The van der Waals surface area contributed by atoms with Crippen LogP contribution in [0.1, 0.15) is 23.5 Å². The van der Waals surface area contributed by atoms with E-state index >= 15 is 0 Å². The Balaban J connectivity index is 2.16. The molecule has 1 aliphatic carbocycles. The summed E-state index contributed by atoms with van der Waals surface area (Å²) in [5.74, 6) is 1.66. The highest BCUT2D eigenvalue weighted by atomic mass is 16.3. The van der Waals surface area contributed by atoms with Crippen molar-refractivity contribution in [2.75, 3.05) is 20.6 Å². The normalized spacial score (nSPS) is 23.8. The number of phenolic OH excluding ortho intramolecular Hbond substituents is 1. The highest BCUT2D eigenvalue weighted by molar-refractivity contribution is 5.39. The van der Waals surface area contributed by atoms with Crippen LogP contribution in [0, 0.1) is 5.92 Å². The molecule has 2 rings (SSSR count). The van der Waals surface area contributed by atoms with Gasteiger partial charge in [-0.1, -0.05) is 12.1 Å². The molecule has 0 unspecified atom stereocenters. The Morgan fingerprint density at radius 3 is 2.75 bits per heavy atom. The predicted molar refractivity (Wildman–Crippen MR) is 65.4 cm³/mol. The molecule has 16 heavy (non-hydrogen) atoms. The summed E-state index contributed by atoms with van der Waals surface area (Å²) >= 11 is 0. The molecule has 0 saturated heterocycles. The summed E-state index contributed by atoms with van der Waals surface area (Å²) < 4.78 is 0.